The Morgan fingerprint density at radius 1 is 1.41 bits per heavy atom. The molecule has 2 heterocycles. The van der Waals surface area contributed by atoms with E-state index >= 15 is 0 Å². The predicted octanol–water partition coefficient (Wildman–Crippen LogP) is 0.979. The van der Waals surface area contributed by atoms with Crippen LogP contribution in [0.25, 0.3) is 5.69 Å². The number of nitrogens with zero attached hydrogens (tertiary/aromatic N) is 3. The fourth-order valence-electron chi connectivity index (χ4n) is 2.41. The van der Waals surface area contributed by atoms with Gasteiger partial charge in [0.15, 0.2) is 5.82 Å². The molecule has 0 saturated carbocycles. The van der Waals surface area contributed by atoms with Crippen molar-refractivity contribution in [3.05, 3.63) is 42.5 Å². The summed E-state index contributed by atoms with van der Waals surface area (Å²) in [6.07, 6.45) is 2.17. The maximum Gasteiger partial charge on any atom is 0.221 e. The summed E-state index contributed by atoms with van der Waals surface area (Å²) in [7, 11) is 0. The van der Waals surface area contributed by atoms with E-state index in [0.29, 0.717) is 13.0 Å². The number of carbonyl (C=O) groups excluding carboxylic acids is 1. The van der Waals surface area contributed by atoms with Gasteiger partial charge in [0.1, 0.15) is 6.33 Å². The second-order valence-electron chi connectivity index (χ2n) is 5.16. The van der Waals surface area contributed by atoms with E-state index in [0.717, 1.165) is 29.6 Å². The first kappa shape index (κ1) is 15.1. The molecule has 1 unspecified atom stereocenters. The van der Waals surface area contributed by atoms with Crippen LogP contribution in [0.1, 0.15) is 12.2 Å². The molecule has 1 aromatic carbocycles. The number of hydrogen-bond acceptors (Lipinski definition) is 5. The Balaban J connectivity index is 1.55. The maximum absolute atomic E-state index is 12.0. The molecule has 6 nitrogen and oxygen atoms in total. The lowest BCUT2D eigenvalue weighted by atomic mass is 10.2. The van der Waals surface area contributed by atoms with Gasteiger partial charge in [-0.25, -0.2) is 0 Å². The van der Waals surface area contributed by atoms with E-state index in [1.807, 2.05) is 46.7 Å². The topological polar surface area (TPSA) is 71.8 Å². The molecule has 0 radical (unpaired) electrons. The number of benzene rings is 1. The first-order valence-electron chi connectivity index (χ1n) is 7.35. The van der Waals surface area contributed by atoms with Crippen LogP contribution in [-0.2, 0) is 11.3 Å². The molecule has 1 amide bonds. The summed E-state index contributed by atoms with van der Waals surface area (Å²) in [5, 5.41) is 14.3. The Labute approximate surface area is 133 Å². The fraction of sp³-hybridized carbons (Fsp3) is 0.400. The third-order valence-corrected chi connectivity index (χ3v) is 4.66. The molecule has 22 heavy (non-hydrogen) atoms. The quantitative estimate of drug-likeness (QED) is 0.860. The number of amides is 1. The highest BCUT2D eigenvalue weighted by Crippen LogP contribution is 2.11. The van der Waals surface area contributed by atoms with Crippen LogP contribution in [0, 0.1) is 0 Å². The Kier molecular flexibility index (Phi) is 5.07. The summed E-state index contributed by atoms with van der Waals surface area (Å²) < 4.78 is 1.88. The number of thioether (sulfide) groups is 1. The molecule has 0 aliphatic carbocycles. The minimum absolute atomic E-state index is 0.0441. The summed E-state index contributed by atoms with van der Waals surface area (Å²) in [5.41, 5.74) is 0.988. The van der Waals surface area contributed by atoms with Crippen LogP contribution < -0.4 is 10.6 Å². The van der Waals surface area contributed by atoms with Crippen molar-refractivity contribution in [3.63, 3.8) is 0 Å². The van der Waals surface area contributed by atoms with Crippen LogP contribution in [0.5, 0.6) is 0 Å². The van der Waals surface area contributed by atoms with Crippen molar-refractivity contribution in [2.45, 2.75) is 19.0 Å². The monoisotopic (exact) mass is 317 g/mol. The number of nitrogens with one attached hydrogen (secondary N) is 2. The summed E-state index contributed by atoms with van der Waals surface area (Å²) in [4.78, 5) is 12.0. The van der Waals surface area contributed by atoms with Gasteiger partial charge in [0, 0.05) is 36.2 Å². The number of carbonyl (C=O) groups is 1. The summed E-state index contributed by atoms with van der Waals surface area (Å²) in [6, 6.07) is 10.1. The summed E-state index contributed by atoms with van der Waals surface area (Å²) >= 11 is 1.89. The van der Waals surface area contributed by atoms with Gasteiger partial charge in [0.25, 0.3) is 0 Å². The Morgan fingerprint density at radius 2 is 2.27 bits per heavy atom. The van der Waals surface area contributed by atoms with Crippen molar-refractivity contribution >= 4 is 17.7 Å². The largest absolute Gasteiger partial charge is 0.349 e. The lowest BCUT2D eigenvalue weighted by Gasteiger charge is -2.22. The standard InChI is InChI=1S/C15H19N5OS/c21-15(8-12-10-22-7-6-16-12)17-9-14-19-18-11-20(14)13-4-2-1-3-5-13/h1-5,11-12,16H,6-10H2,(H,17,21). The number of rotatable bonds is 5. The van der Waals surface area contributed by atoms with Gasteiger partial charge in [-0.1, -0.05) is 18.2 Å². The first-order valence-corrected chi connectivity index (χ1v) is 8.50. The second kappa shape index (κ2) is 7.42. The molecule has 0 spiro atoms. The molecular formula is C15H19N5OS. The summed E-state index contributed by atoms with van der Waals surface area (Å²) in [5.74, 6) is 2.89. The SMILES string of the molecule is O=C(CC1CSCCN1)NCc1nncn1-c1ccccc1. The van der Waals surface area contributed by atoms with Crippen LogP contribution in [-0.4, -0.2) is 44.8 Å². The van der Waals surface area contributed by atoms with E-state index in [9.17, 15) is 4.79 Å². The van der Waals surface area contributed by atoms with E-state index in [4.69, 9.17) is 0 Å². The minimum Gasteiger partial charge on any atom is -0.349 e. The van der Waals surface area contributed by atoms with Crippen LogP contribution in [0.15, 0.2) is 36.7 Å². The van der Waals surface area contributed by atoms with Gasteiger partial charge in [-0.3, -0.25) is 9.36 Å². The molecule has 1 saturated heterocycles. The van der Waals surface area contributed by atoms with E-state index in [2.05, 4.69) is 20.8 Å². The van der Waals surface area contributed by atoms with Gasteiger partial charge >= 0.3 is 0 Å². The van der Waals surface area contributed by atoms with Gasteiger partial charge in [-0.15, -0.1) is 10.2 Å². The zero-order chi connectivity index (χ0) is 15.2. The van der Waals surface area contributed by atoms with Crippen LogP contribution >= 0.6 is 11.8 Å². The molecule has 7 heteroatoms. The molecule has 1 aliphatic heterocycles. The number of hydrogen-bond donors (Lipinski definition) is 2. The molecule has 3 rings (SSSR count). The maximum atomic E-state index is 12.0. The van der Waals surface area contributed by atoms with Crippen LogP contribution in [0.3, 0.4) is 0 Å². The lowest BCUT2D eigenvalue weighted by molar-refractivity contribution is -0.121. The van der Waals surface area contributed by atoms with E-state index in [-0.39, 0.29) is 11.9 Å². The molecule has 1 aromatic heterocycles. The highest BCUT2D eigenvalue weighted by Gasteiger charge is 2.17. The third-order valence-electron chi connectivity index (χ3n) is 3.53. The van der Waals surface area contributed by atoms with Crippen molar-refractivity contribution in [2.24, 2.45) is 0 Å². The average molecular weight is 317 g/mol. The highest BCUT2D eigenvalue weighted by molar-refractivity contribution is 7.99. The molecule has 2 aromatic rings. The summed E-state index contributed by atoms with van der Waals surface area (Å²) in [6.45, 7) is 1.36. The van der Waals surface area contributed by atoms with Gasteiger partial charge in [0.05, 0.1) is 6.54 Å². The van der Waals surface area contributed by atoms with Crippen molar-refractivity contribution < 1.29 is 4.79 Å². The fourth-order valence-corrected chi connectivity index (χ4v) is 3.36. The second-order valence-corrected chi connectivity index (χ2v) is 6.31. The van der Waals surface area contributed by atoms with Gasteiger partial charge in [-0.2, -0.15) is 11.8 Å². The molecule has 1 aliphatic rings. The molecule has 116 valence electrons. The minimum atomic E-state index is 0.0441. The van der Waals surface area contributed by atoms with Crippen LogP contribution in [0.4, 0.5) is 0 Å². The first-order chi connectivity index (χ1) is 10.8. The Morgan fingerprint density at radius 3 is 3.05 bits per heavy atom. The molecule has 1 fully saturated rings. The highest BCUT2D eigenvalue weighted by atomic mass is 32.2. The third kappa shape index (κ3) is 3.86. The van der Waals surface area contributed by atoms with E-state index in [1.165, 1.54) is 0 Å². The van der Waals surface area contributed by atoms with Gasteiger partial charge < -0.3 is 10.6 Å². The zero-order valence-electron chi connectivity index (χ0n) is 12.2. The number of para-hydroxylation sites is 1. The van der Waals surface area contributed by atoms with E-state index < -0.39 is 0 Å². The Bertz CT molecular complexity index is 609. The molecule has 0 bridgehead atoms. The van der Waals surface area contributed by atoms with Gasteiger partial charge in [-0.05, 0) is 12.1 Å². The average Bonchev–Trinajstić information content (AvgIpc) is 3.03. The lowest BCUT2D eigenvalue weighted by Crippen LogP contribution is -2.41. The van der Waals surface area contributed by atoms with Crippen molar-refractivity contribution in [2.75, 3.05) is 18.1 Å². The van der Waals surface area contributed by atoms with Crippen molar-refractivity contribution in [1.82, 2.24) is 25.4 Å². The van der Waals surface area contributed by atoms with Crippen molar-refractivity contribution in [3.8, 4) is 5.69 Å². The molecule has 1 atom stereocenters. The smallest absolute Gasteiger partial charge is 0.221 e. The number of aromatic nitrogens is 3. The van der Waals surface area contributed by atoms with Crippen molar-refractivity contribution in [1.29, 1.82) is 0 Å². The molecular weight excluding hydrogens is 298 g/mol. The predicted molar refractivity (Wildman–Crippen MR) is 86.9 cm³/mol. The van der Waals surface area contributed by atoms with E-state index in [1.54, 1.807) is 6.33 Å². The normalized spacial score (nSPS) is 18.1. The van der Waals surface area contributed by atoms with Crippen LogP contribution in [0.2, 0.25) is 0 Å². The van der Waals surface area contributed by atoms with Gasteiger partial charge in [0.2, 0.25) is 5.91 Å². The Hall–Kier alpha value is -1.86. The zero-order valence-corrected chi connectivity index (χ0v) is 13.1. The molecule has 2 N–H and O–H groups in total.